The van der Waals surface area contributed by atoms with Gasteiger partial charge in [-0.3, -0.25) is 14.3 Å². The molecule has 0 fully saturated rings. The van der Waals surface area contributed by atoms with Crippen molar-refractivity contribution < 1.29 is 4.79 Å². The second-order valence-corrected chi connectivity index (χ2v) is 9.37. The maximum Gasteiger partial charge on any atom is 0.236 e. The van der Waals surface area contributed by atoms with Gasteiger partial charge in [0.1, 0.15) is 5.82 Å². The van der Waals surface area contributed by atoms with E-state index in [-0.39, 0.29) is 11.7 Å². The Kier molecular flexibility index (Phi) is 6.64. The van der Waals surface area contributed by atoms with Crippen molar-refractivity contribution in [3.8, 4) is 22.8 Å². The van der Waals surface area contributed by atoms with Gasteiger partial charge in [-0.05, 0) is 56.7 Å². The van der Waals surface area contributed by atoms with Crippen molar-refractivity contribution in [2.45, 2.75) is 25.9 Å². The summed E-state index contributed by atoms with van der Waals surface area (Å²) in [5.41, 5.74) is 5.75. The minimum absolute atomic E-state index is 0.157. The van der Waals surface area contributed by atoms with Crippen molar-refractivity contribution in [3.05, 3.63) is 95.9 Å². The van der Waals surface area contributed by atoms with E-state index in [1.165, 1.54) is 11.8 Å². The lowest BCUT2D eigenvalue weighted by Crippen LogP contribution is -2.17. The SMILES string of the molecule is Cc1ccc(-n2nc(C)cc2NC(=O)CSc2nnc(-c3cccnc3)n2-c2ccccc2C)cc1. The summed E-state index contributed by atoms with van der Waals surface area (Å²) in [6.45, 7) is 5.98. The predicted molar refractivity (Wildman–Crippen MR) is 142 cm³/mol. The van der Waals surface area contributed by atoms with Gasteiger partial charge in [-0.1, -0.05) is 47.7 Å². The molecule has 0 bridgehead atoms. The molecule has 0 saturated heterocycles. The summed E-state index contributed by atoms with van der Waals surface area (Å²) in [6, 6.07) is 21.7. The molecular weight excluding hydrogens is 470 g/mol. The quantitative estimate of drug-likeness (QED) is 0.313. The highest BCUT2D eigenvalue weighted by Crippen LogP contribution is 2.29. The van der Waals surface area contributed by atoms with Crippen LogP contribution in [0, 0.1) is 20.8 Å². The molecule has 0 spiro atoms. The van der Waals surface area contributed by atoms with E-state index < -0.39 is 0 Å². The Morgan fingerprint density at radius 2 is 1.78 bits per heavy atom. The van der Waals surface area contributed by atoms with Gasteiger partial charge in [0, 0.05) is 24.0 Å². The average molecular weight is 496 g/mol. The second kappa shape index (κ2) is 10.2. The first kappa shape index (κ1) is 23.5. The molecule has 8 nitrogen and oxygen atoms in total. The summed E-state index contributed by atoms with van der Waals surface area (Å²) in [5, 5.41) is 17.0. The number of hydrogen-bond acceptors (Lipinski definition) is 6. The van der Waals surface area contributed by atoms with Crippen LogP contribution in [0.2, 0.25) is 0 Å². The predicted octanol–water partition coefficient (Wildman–Crippen LogP) is 5.17. The Morgan fingerprint density at radius 1 is 0.972 bits per heavy atom. The van der Waals surface area contributed by atoms with Crippen molar-refractivity contribution in [3.63, 3.8) is 0 Å². The number of carbonyl (C=O) groups excluding carboxylic acids is 1. The molecule has 0 aliphatic rings. The van der Waals surface area contributed by atoms with Crippen LogP contribution in [0.1, 0.15) is 16.8 Å². The maximum atomic E-state index is 13.0. The molecule has 5 rings (SSSR count). The van der Waals surface area contributed by atoms with E-state index in [1.54, 1.807) is 17.1 Å². The highest BCUT2D eigenvalue weighted by atomic mass is 32.2. The number of rotatable bonds is 7. The highest BCUT2D eigenvalue weighted by Gasteiger charge is 2.19. The van der Waals surface area contributed by atoms with Gasteiger partial charge in [-0.2, -0.15) is 5.10 Å². The van der Waals surface area contributed by atoms with E-state index in [2.05, 4.69) is 25.6 Å². The zero-order chi connectivity index (χ0) is 25.1. The number of hydrogen-bond donors (Lipinski definition) is 1. The summed E-state index contributed by atoms with van der Waals surface area (Å²) in [5.74, 6) is 1.30. The van der Waals surface area contributed by atoms with Gasteiger partial charge in [-0.15, -0.1) is 10.2 Å². The summed E-state index contributed by atoms with van der Waals surface area (Å²) < 4.78 is 3.72. The molecule has 180 valence electrons. The Morgan fingerprint density at radius 3 is 2.53 bits per heavy atom. The lowest BCUT2D eigenvalue weighted by atomic mass is 10.2. The molecule has 3 heterocycles. The zero-order valence-corrected chi connectivity index (χ0v) is 21.0. The minimum atomic E-state index is -0.157. The second-order valence-electron chi connectivity index (χ2n) is 8.42. The lowest BCUT2D eigenvalue weighted by Gasteiger charge is -2.13. The number of nitrogens with zero attached hydrogens (tertiary/aromatic N) is 6. The number of nitrogens with one attached hydrogen (secondary N) is 1. The molecule has 1 amide bonds. The van der Waals surface area contributed by atoms with Gasteiger partial charge >= 0.3 is 0 Å². The number of pyridine rings is 1. The normalized spacial score (nSPS) is 11.0. The molecule has 1 N–H and O–H groups in total. The third-order valence-electron chi connectivity index (χ3n) is 5.62. The molecule has 0 atom stereocenters. The fraction of sp³-hybridized carbons (Fsp3) is 0.148. The fourth-order valence-electron chi connectivity index (χ4n) is 3.86. The van der Waals surface area contributed by atoms with Crippen LogP contribution in [-0.2, 0) is 4.79 Å². The van der Waals surface area contributed by atoms with Crippen LogP contribution >= 0.6 is 11.8 Å². The number of aromatic nitrogens is 6. The standard InChI is InChI=1S/C27H25N7OS/c1-18-10-12-22(13-11-18)34-24(15-20(3)32-34)29-25(35)17-36-27-31-30-26(21-8-6-14-28-16-21)33(27)23-9-5-4-7-19(23)2/h4-16H,17H2,1-3H3,(H,29,35). The van der Waals surface area contributed by atoms with Gasteiger partial charge in [0.05, 0.1) is 22.8 Å². The number of benzene rings is 2. The molecule has 0 saturated carbocycles. The van der Waals surface area contributed by atoms with Gasteiger partial charge in [0.2, 0.25) is 5.91 Å². The molecule has 0 aliphatic heterocycles. The first-order valence-corrected chi connectivity index (χ1v) is 12.5. The molecule has 0 radical (unpaired) electrons. The maximum absolute atomic E-state index is 13.0. The van der Waals surface area contributed by atoms with Crippen LogP contribution in [0.3, 0.4) is 0 Å². The van der Waals surface area contributed by atoms with Gasteiger partial charge in [0.25, 0.3) is 0 Å². The summed E-state index contributed by atoms with van der Waals surface area (Å²) >= 11 is 1.33. The highest BCUT2D eigenvalue weighted by molar-refractivity contribution is 7.99. The molecule has 0 aliphatic carbocycles. The van der Waals surface area contributed by atoms with E-state index in [4.69, 9.17) is 0 Å². The van der Waals surface area contributed by atoms with E-state index in [9.17, 15) is 4.79 Å². The van der Waals surface area contributed by atoms with Crippen molar-refractivity contribution >= 4 is 23.5 Å². The molecule has 0 unspecified atom stereocenters. The molecule has 36 heavy (non-hydrogen) atoms. The lowest BCUT2D eigenvalue weighted by molar-refractivity contribution is -0.113. The molecule has 5 aromatic rings. The Hall–Kier alpha value is -4.24. The topological polar surface area (TPSA) is 90.5 Å². The Labute approximate surface area is 213 Å². The number of anilines is 1. The van der Waals surface area contributed by atoms with E-state index in [0.29, 0.717) is 16.8 Å². The van der Waals surface area contributed by atoms with E-state index in [1.807, 2.05) is 92.1 Å². The minimum Gasteiger partial charge on any atom is -0.310 e. The van der Waals surface area contributed by atoms with Crippen LogP contribution in [-0.4, -0.2) is 41.2 Å². The number of aryl methyl sites for hydroxylation is 3. The summed E-state index contributed by atoms with van der Waals surface area (Å²) in [7, 11) is 0. The zero-order valence-electron chi connectivity index (χ0n) is 20.2. The van der Waals surface area contributed by atoms with Gasteiger partial charge in [0.15, 0.2) is 11.0 Å². The molecule has 2 aromatic carbocycles. The molecular formula is C27H25N7OS. The van der Waals surface area contributed by atoms with Crippen LogP contribution in [0.25, 0.3) is 22.8 Å². The van der Waals surface area contributed by atoms with Crippen LogP contribution < -0.4 is 5.32 Å². The third-order valence-corrected chi connectivity index (χ3v) is 6.55. The Balaban J connectivity index is 1.39. The number of amides is 1. The first-order valence-electron chi connectivity index (χ1n) is 11.5. The fourth-order valence-corrected chi connectivity index (χ4v) is 4.60. The summed E-state index contributed by atoms with van der Waals surface area (Å²) in [4.78, 5) is 17.2. The first-order chi connectivity index (χ1) is 17.5. The van der Waals surface area contributed by atoms with Crippen LogP contribution in [0.15, 0.2) is 84.3 Å². The van der Waals surface area contributed by atoms with Gasteiger partial charge < -0.3 is 5.32 Å². The Bertz CT molecular complexity index is 1510. The van der Waals surface area contributed by atoms with Crippen molar-refractivity contribution in [2.24, 2.45) is 0 Å². The van der Waals surface area contributed by atoms with Crippen LogP contribution in [0.5, 0.6) is 0 Å². The molecule has 3 aromatic heterocycles. The number of thioether (sulfide) groups is 1. The number of para-hydroxylation sites is 1. The van der Waals surface area contributed by atoms with Crippen molar-refractivity contribution in [2.75, 3.05) is 11.1 Å². The molecule has 9 heteroatoms. The third kappa shape index (κ3) is 4.92. The van der Waals surface area contributed by atoms with Crippen LogP contribution in [0.4, 0.5) is 5.82 Å². The van der Waals surface area contributed by atoms with Gasteiger partial charge in [-0.25, -0.2) is 4.68 Å². The van der Waals surface area contributed by atoms with E-state index in [0.717, 1.165) is 33.8 Å². The number of carbonyl (C=O) groups is 1. The smallest absolute Gasteiger partial charge is 0.236 e. The average Bonchev–Trinajstić information content (AvgIpc) is 3.47. The monoisotopic (exact) mass is 495 g/mol. The van der Waals surface area contributed by atoms with Crippen molar-refractivity contribution in [1.82, 2.24) is 29.5 Å². The largest absolute Gasteiger partial charge is 0.310 e. The van der Waals surface area contributed by atoms with Crippen molar-refractivity contribution in [1.29, 1.82) is 0 Å². The van der Waals surface area contributed by atoms with E-state index >= 15 is 0 Å². The summed E-state index contributed by atoms with van der Waals surface area (Å²) in [6.07, 6.45) is 3.48.